The summed E-state index contributed by atoms with van der Waals surface area (Å²) in [5.74, 6) is -1.16. The van der Waals surface area contributed by atoms with Crippen molar-refractivity contribution in [3.05, 3.63) is 35.5 Å². The van der Waals surface area contributed by atoms with Crippen molar-refractivity contribution in [2.75, 3.05) is 31.1 Å². The molecule has 1 N–H and O–H groups in total. The average molecular weight is 423 g/mol. The summed E-state index contributed by atoms with van der Waals surface area (Å²) in [7, 11) is 0. The Morgan fingerprint density at radius 1 is 1.17 bits per heavy atom. The molecule has 2 amide bonds. The Morgan fingerprint density at radius 3 is 2.55 bits per heavy atom. The smallest absolute Gasteiger partial charge is 0.275 e. The lowest BCUT2D eigenvalue weighted by Gasteiger charge is -2.39. The third kappa shape index (κ3) is 4.29. The van der Waals surface area contributed by atoms with Crippen LogP contribution in [0.3, 0.4) is 0 Å². The Bertz CT molecular complexity index is 914. The maximum absolute atomic E-state index is 13.3. The minimum absolute atomic E-state index is 0.0115. The lowest BCUT2D eigenvalue weighted by molar-refractivity contribution is -0.127. The largest absolute Gasteiger partial charge is 0.487 e. The topological polar surface area (TPSA) is 87.7 Å². The van der Waals surface area contributed by atoms with Crippen molar-refractivity contribution < 1.29 is 23.1 Å². The van der Waals surface area contributed by atoms with Crippen LogP contribution in [0.5, 0.6) is 5.75 Å². The zero-order chi connectivity index (χ0) is 20.5. The van der Waals surface area contributed by atoms with Crippen LogP contribution in [-0.4, -0.2) is 63.8 Å². The second-order valence-electron chi connectivity index (χ2n) is 7.11. The highest BCUT2D eigenvalue weighted by Crippen LogP contribution is 2.27. The number of nitrogens with one attached hydrogen (secondary N) is 1. The number of aromatic nitrogens is 2. The standard InChI is InChI=1S/C18H19F2N5O3S/c1-10(26)24-3-2-13(7-24)21-18(27)16-17(23-29-22-16)25-8-15(9-25)28-14-5-11(19)4-12(20)6-14/h4-6,13,15H,2-3,7-9H2,1H3,(H,21,27). The summed E-state index contributed by atoms with van der Waals surface area (Å²) in [6, 6.07) is 2.92. The molecule has 2 aromatic rings. The Kier molecular flexibility index (Phi) is 5.31. The predicted molar refractivity (Wildman–Crippen MR) is 101 cm³/mol. The van der Waals surface area contributed by atoms with Gasteiger partial charge >= 0.3 is 0 Å². The number of carbonyl (C=O) groups excluding carboxylic acids is 2. The van der Waals surface area contributed by atoms with Gasteiger partial charge in [-0.3, -0.25) is 9.59 Å². The summed E-state index contributed by atoms with van der Waals surface area (Å²) >= 11 is 0.938. The number of nitrogens with zero attached hydrogens (tertiary/aromatic N) is 4. The normalized spacial score (nSPS) is 19.2. The van der Waals surface area contributed by atoms with Gasteiger partial charge in [-0.1, -0.05) is 0 Å². The van der Waals surface area contributed by atoms with Crippen LogP contribution < -0.4 is 15.0 Å². The van der Waals surface area contributed by atoms with Gasteiger partial charge in [0.15, 0.2) is 11.5 Å². The number of anilines is 1. The Hall–Kier alpha value is -2.82. The van der Waals surface area contributed by atoms with Crippen molar-refractivity contribution in [3.8, 4) is 5.75 Å². The number of halogens is 2. The first-order chi connectivity index (χ1) is 13.9. The molecule has 0 spiro atoms. The number of hydrogen-bond acceptors (Lipinski definition) is 7. The van der Waals surface area contributed by atoms with Gasteiger partial charge < -0.3 is 19.9 Å². The molecule has 0 radical (unpaired) electrons. The van der Waals surface area contributed by atoms with Gasteiger partial charge in [0, 0.05) is 44.3 Å². The van der Waals surface area contributed by atoms with Crippen molar-refractivity contribution in [1.29, 1.82) is 0 Å². The highest BCUT2D eigenvalue weighted by molar-refractivity contribution is 6.99. The first-order valence-electron chi connectivity index (χ1n) is 9.15. The SMILES string of the molecule is CC(=O)N1CCC(NC(=O)c2nsnc2N2CC(Oc3cc(F)cc(F)c3)C2)C1. The van der Waals surface area contributed by atoms with Crippen molar-refractivity contribution in [3.63, 3.8) is 0 Å². The fraction of sp³-hybridized carbons (Fsp3) is 0.444. The number of ether oxygens (including phenoxy) is 1. The van der Waals surface area contributed by atoms with Gasteiger partial charge in [-0.05, 0) is 6.42 Å². The fourth-order valence-electron chi connectivity index (χ4n) is 3.43. The van der Waals surface area contributed by atoms with Crippen LogP contribution >= 0.6 is 11.7 Å². The number of rotatable bonds is 5. The van der Waals surface area contributed by atoms with Crippen molar-refractivity contribution >= 4 is 29.4 Å². The van der Waals surface area contributed by atoms with Gasteiger partial charge in [0.05, 0.1) is 24.8 Å². The Morgan fingerprint density at radius 2 is 1.90 bits per heavy atom. The van der Waals surface area contributed by atoms with E-state index in [4.69, 9.17) is 4.74 Å². The molecule has 1 aromatic carbocycles. The highest BCUT2D eigenvalue weighted by Gasteiger charge is 2.35. The summed E-state index contributed by atoms with van der Waals surface area (Å²) in [5.41, 5.74) is 0.228. The van der Waals surface area contributed by atoms with Crippen molar-refractivity contribution in [1.82, 2.24) is 19.0 Å². The van der Waals surface area contributed by atoms with Gasteiger partial charge in [0.2, 0.25) is 5.91 Å². The van der Waals surface area contributed by atoms with Crippen molar-refractivity contribution in [2.45, 2.75) is 25.5 Å². The number of benzene rings is 1. The monoisotopic (exact) mass is 423 g/mol. The van der Waals surface area contributed by atoms with Crippen molar-refractivity contribution in [2.24, 2.45) is 0 Å². The maximum atomic E-state index is 13.3. The average Bonchev–Trinajstić information content (AvgIpc) is 3.26. The summed E-state index contributed by atoms with van der Waals surface area (Å²) in [6.45, 7) is 3.45. The molecule has 2 saturated heterocycles. The molecule has 1 atom stereocenters. The molecule has 2 fully saturated rings. The number of likely N-dealkylation sites (tertiary alicyclic amines) is 1. The molecule has 29 heavy (non-hydrogen) atoms. The second-order valence-corrected chi connectivity index (χ2v) is 7.64. The van der Waals surface area contributed by atoms with E-state index in [0.29, 0.717) is 38.4 Å². The number of carbonyl (C=O) groups is 2. The zero-order valence-electron chi connectivity index (χ0n) is 15.6. The second kappa shape index (κ2) is 7.90. The van der Waals surface area contributed by atoms with E-state index in [1.54, 1.807) is 4.90 Å². The molecule has 11 heteroatoms. The third-order valence-corrected chi connectivity index (χ3v) is 5.46. The molecule has 2 aliphatic heterocycles. The molecule has 0 aliphatic carbocycles. The zero-order valence-corrected chi connectivity index (χ0v) is 16.4. The predicted octanol–water partition coefficient (Wildman–Crippen LogP) is 1.43. The van der Waals surface area contributed by atoms with E-state index in [9.17, 15) is 18.4 Å². The molecule has 0 bridgehead atoms. The molecule has 2 aliphatic rings. The molecular weight excluding hydrogens is 404 g/mol. The molecule has 1 unspecified atom stereocenters. The third-order valence-electron chi connectivity index (χ3n) is 4.94. The maximum Gasteiger partial charge on any atom is 0.275 e. The van der Waals surface area contributed by atoms with Crippen LogP contribution in [0, 0.1) is 11.6 Å². The van der Waals surface area contributed by atoms with Crippen LogP contribution in [0.15, 0.2) is 18.2 Å². The van der Waals surface area contributed by atoms with E-state index >= 15 is 0 Å². The fourth-order valence-corrected chi connectivity index (χ4v) is 3.99. The summed E-state index contributed by atoms with van der Waals surface area (Å²) in [6.07, 6.45) is 0.426. The van der Waals surface area contributed by atoms with E-state index in [0.717, 1.165) is 29.9 Å². The van der Waals surface area contributed by atoms with Crippen LogP contribution in [0.25, 0.3) is 0 Å². The van der Waals surface area contributed by atoms with Gasteiger partial charge in [-0.25, -0.2) is 8.78 Å². The van der Waals surface area contributed by atoms with Gasteiger partial charge in [-0.15, -0.1) is 0 Å². The molecule has 154 valence electrons. The summed E-state index contributed by atoms with van der Waals surface area (Å²) in [4.78, 5) is 27.5. The number of amides is 2. The van der Waals surface area contributed by atoms with E-state index in [2.05, 4.69) is 14.1 Å². The molecule has 0 saturated carbocycles. The lowest BCUT2D eigenvalue weighted by Crippen LogP contribution is -2.54. The molecule has 1 aromatic heterocycles. The van der Waals surface area contributed by atoms with E-state index < -0.39 is 11.6 Å². The quantitative estimate of drug-likeness (QED) is 0.783. The van der Waals surface area contributed by atoms with E-state index in [1.165, 1.54) is 6.92 Å². The van der Waals surface area contributed by atoms with E-state index in [-0.39, 0.29) is 35.4 Å². The lowest BCUT2D eigenvalue weighted by atomic mass is 10.1. The summed E-state index contributed by atoms with van der Waals surface area (Å²) in [5, 5.41) is 2.90. The molecular formula is C18H19F2N5O3S. The van der Waals surface area contributed by atoms with Crippen LogP contribution in [0.1, 0.15) is 23.8 Å². The minimum Gasteiger partial charge on any atom is -0.487 e. The molecule has 8 nitrogen and oxygen atoms in total. The van der Waals surface area contributed by atoms with E-state index in [1.807, 2.05) is 4.90 Å². The van der Waals surface area contributed by atoms with Crippen LogP contribution in [-0.2, 0) is 4.79 Å². The van der Waals surface area contributed by atoms with Gasteiger partial charge in [0.25, 0.3) is 5.91 Å². The molecule has 4 rings (SSSR count). The number of hydrogen-bond donors (Lipinski definition) is 1. The highest BCUT2D eigenvalue weighted by atomic mass is 32.1. The Labute approximate surface area is 169 Å². The van der Waals surface area contributed by atoms with Crippen LogP contribution in [0.2, 0.25) is 0 Å². The Balaban J connectivity index is 1.33. The van der Waals surface area contributed by atoms with Gasteiger partial charge in [0.1, 0.15) is 23.5 Å². The minimum atomic E-state index is -0.700. The first-order valence-corrected chi connectivity index (χ1v) is 9.88. The van der Waals surface area contributed by atoms with Crippen LogP contribution in [0.4, 0.5) is 14.6 Å². The summed E-state index contributed by atoms with van der Waals surface area (Å²) < 4.78 is 40.4. The molecule has 3 heterocycles. The van der Waals surface area contributed by atoms with Gasteiger partial charge in [-0.2, -0.15) is 8.75 Å². The first kappa shape index (κ1) is 19.5.